The average Bonchev–Trinajstić information content (AvgIpc) is 2.45. The molecule has 0 aromatic rings. The summed E-state index contributed by atoms with van der Waals surface area (Å²) < 4.78 is 5.81. The molecule has 0 spiro atoms. The van der Waals surface area contributed by atoms with E-state index in [4.69, 9.17) is 10.5 Å². The number of carbonyl (C=O) groups excluding carboxylic acids is 1. The summed E-state index contributed by atoms with van der Waals surface area (Å²) in [7, 11) is 0. The van der Waals surface area contributed by atoms with Crippen LogP contribution in [0.5, 0.6) is 0 Å². The molecular weight excluding hydrogens is 256 g/mol. The highest BCUT2D eigenvalue weighted by molar-refractivity contribution is 5.89. The molecule has 0 aromatic heterocycles. The predicted octanol–water partition coefficient (Wildman–Crippen LogP) is 0.652. The number of ether oxygens (including phenoxy) is 1. The Morgan fingerprint density at radius 2 is 2.15 bits per heavy atom. The van der Waals surface area contributed by atoms with Gasteiger partial charge in [0.1, 0.15) is 5.54 Å². The summed E-state index contributed by atoms with van der Waals surface area (Å²) in [6.45, 7) is 8.66. The van der Waals surface area contributed by atoms with Crippen LogP contribution >= 0.6 is 0 Å². The molecule has 1 saturated heterocycles. The van der Waals surface area contributed by atoms with Gasteiger partial charge in [-0.1, -0.05) is 20.8 Å². The van der Waals surface area contributed by atoms with Crippen molar-refractivity contribution in [3.63, 3.8) is 0 Å². The summed E-state index contributed by atoms with van der Waals surface area (Å²) in [5.41, 5.74) is 5.28. The first-order valence-corrected chi connectivity index (χ1v) is 7.59. The topological polar surface area (TPSA) is 84.6 Å². The fraction of sp³-hybridized carbons (Fsp3) is 0.933. The molecule has 1 aliphatic heterocycles. The predicted molar refractivity (Wildman–Crippen MR) is 77.0 cm³/mol. The van der Waals surface area contributed by atoms with Crippen molar-refractivity contribution in [1.29, 1.82) is 0 Å². The number of nitrogens with two attached hydrogens (primary N) is 1. The molecule has 5 nitrogen and oxygen atoms in total. The van der Waals surface area contributed by atoms with Crippen LogP contribution in [0.4, 0.5) is 0 Å². The van der Waals surface area contributed by atoms with E-state index < -0.39 is 5.54 Å². The van der Waals surface area contributed by atoms with Crippen LogP contribution in [0.25, 0.3) is 0 Å². The van der Waals surface area contributed by atoms with Crippen molar-refractivity contribution in [2.75, 3.05) is 13.2 Å². The van der Waals surface area contributed by atoms with Crippen LogP contribution in [0.3, 0.4) is 0 Å². The van der Waals surface area contributed by atoms with Gasteiger partial charge in [-0.3, -0.25) is 4.79 Å². The van der Waals surface area contributed by atoms with Crippen LogP contribution in [-0.2, 0) is 9.53 Å². The maximum atomic E-state index is 12.7. The van der Waals surface area contributed by atoms with Crippen molar-refractivity contribution >= 4 is 5.91 Å². The average molecular weight is 284 g/mol. The lowest BCUT2D eigenvalue weighted by Crippen LogP contribution is -2.82. The lowest BCUT2D eigenvalue weighted by atomic mass is 9.46. The van der Waals surface area contributed by atoms with E-state index in [0.717, 1.165) is 19.4 Å². The van der Waals surface area contributed by atoms with Crippen LogP contribution < -0.4 is 11.1 Å². The van der Waals surface area contributed by atoms with Crippen LogP contribution in [0.15, 0.2) is 0 Å². The molecule has 1 amide bonds. The second-order valence-electron chi connectivity index (χ2n) is 7.05. The zero-order valence-electron chi connectivity index (χ0n) is 13.0. The molecule has 5 atom stereocenters. The number of hydrogen-bond acceptors (Lipinski definition) is 4. The summed E-state index contributed by atoms with van der Waals surface area (Å²) in [5, 5.41) is 12.2. The first kappa shape index (κ1) is 15.7. The molecule has 2 rings (SSSR count). The van der Waals surface area contributed by atoms with Gasteiger partial charge in [-0.15, -0.1) is 0 Å². The summed E-state index contributed by atoms with van der Waals surface area (Å²) >= 11 is 0. The van der Waals surface area contributed by atoms with E-state index in [2.05, 4.69) is 5.32 Å². The Bertz CT molecular complexity index is 385. The van der Waals surface area contributed by atoms with Gasteiger partial charge in [0.05, 0.1) is 6.10 Å². The number of fused-ring (bicyclic) bond motifs is 1. The monoisotopic (exact) mass is 284 g/mol. The van der Waals surface area contributed by atoms with E-state index in [-0.39, 0.29) is 41.9 Å². The lowest BCUT2D eigenvalue weighted by Gasteiger charge is -2.65. The fourth-order valence-electron chi connectivity index (χ4n) is 3.66. The fourth-order valence-corrected chi connectivity index (χ4v) is 3.66. The second kappa shape index (κ2) is 5.28. The zero-order valence-corrected chi connectivity index (χ0v) is 13.0. The second-order valence-corrected chi connectivity index (χ2v) is 7.05. The molecule has 2 aliphatic rings. The number of aliphatic hydroxyl groups excluding tert-OH is 1. The van der Waals surface area contributed by atoms with Gasteiger partial charge in [-0.2, -0.15) is 0 Å². The molecular formula is C15H28N2O3. The largest absolute Gasteiger partial charge is 0.396 e. The van der Waals surface area contributed by atoms with Crippen molar-refractivity contribution in [3.8, 4) is 0 Å². The number of nitrogens with one attached hydrogen (secondary N) is 1. The van der Waals surface area contributed by atoms with Gasteiger partial charge < -0.3 is 20.9 Å². The minimum absolute atomic E-state index is 0.0177. The minimum atomic E-state index is -0.873. The van der Waals surface area contributed by atoms with Crippen molar-refractivity contribution < 1.29 is 14.6 Å². The molecule has 0 aromatic carbocycles. The van der Waals surface area contributed by atoms with Gasteiger partial charge in [0, 0.05) is 30.6 Å². The van der Waals surface area contributed by atoms with Gasteiger partial charge in [0.15, 0.2) is 0 Å². The maximum Gasteiger partial charge on any atom is 0.241 e. The normalized spacial score (nSPS) is 38.3. The Hall–Kier alpha value is -0.650. The summed E-state index contributed by atoms with van der Waals surface area (Å²) in [6, 6.07) is -0.0905. The highest BCUT2D eigenvalue weighted by atomic mass is 16.5. The minimum Gasteiger partial charge on any atom is -0.396 e. The van der Waals surface area contributed by atoms with Crippen LogP contribution in [0, 0.1) is 17.3 Å². The first-order valence-electron chi connectivity index (χ1n) is 7.59. The molecule has 116 valence electrons. The molecule has 0 radical (unpaired) electrons. The Labute approximate surface area is 121 Å². The zero-order chi connectivity index (χ0) is 15.1. The highest BCUT2D eigenvalue weighted by Crippen LogP contribution is 2.57. The van der Waals surface area contributed by atoms with E-state index in [1.807, 2.05) is 27.7 Å². The van der Waals surface area contributed by atoms with Gasteiger partial charge in [-0.25, -0.2) is 0 Å². The molecule has 5 unspecified atom stereocenters. The van der Waals surface area contributed by atoms with Gasteiger partial charge in [0.2, 0.25) is 5.91 Å². The highest BCUT2D eigenvalue weighted by Gasteiger charge is 2.70. The molecule has 1 heterocycles. The van der Waals surface area contributed by atoms with Gasteiger partial charge in [0.25, 0.3) is 0 Å². The molecule has 5 heteroatoms. The van der Waals surface area contributed by atoms with Crippen molar-refractivity contribution in [3.05, 3.63) is 0 Å². The molecule has 0 bridgehead atoms. The molecule has 1 aliphatic carbocycles. The standard InChI is InChI=1S/C15H28N2O3/c1-9(8-18)10(2)17-13(19)15(16)11-6-5-7-20-12(11)14(15,3)4/h9-12,18H,5-8,16H2,1-4H3,(H,17,19). The quantitative estimate of drug-likeness (QED) is 0.708. The third kappa shape index (κ3) is 2.07. The third-order valence-electron chi connectivity index (χ3n) is 5.56. The van der Waals surface area contributed by atoms with E-state index in [9.17, 15) is 9.90 Å². The third-order valence-corrected chi connectivity index (χ3v) is 5.56. The van der Waals surface area contributed by atoms with Crippen LogP contribution in [0.1, 0.15) is 40.5 Å². The van der Waals surface area contributed by atoms with Crippen molar-refractivity contribution in [1.82, 2.24) is 5.32 Å². The number of rotatable bonds is 4. The summed E-state index contributed by atoms with van der Waals surface area (Å²) in [6.07, 6.45) is 1.99. The van der Waals surface area contributed by atoms with E-state index in [1.54, 1.807) is 0 Å². The number of carbonyl (C=O) groups is 1. The Balaban J connectivity index is 2.11. The van der Waals surface area contributed by atoms with E-state index in [1.165, 1.54) is 0 Å². The maximum absolute atomic E-state index is 12.7. The lowest BCUT2D eigenvalue weighted by molar-refractivity contribution is -0.225. The number of aliphatic hydroxyl groups is 1. The molecule has 2 fully saturated rings. The van der Waals surface area contributed by atoms with Gasteiger partial charge >= 0.3 is 0 Å². The Kier molecular flexibility index (Phi) is 4.15. The molecule has 1 saturated carbocycles. The summed E-state index contributed by atoms with van der Waals surface area (Å²) in [5.74, 6) is 0.00840. The number of hydrogen-bond donors (Lipinski definition) is 3. The van der Waals surface area contributed by atoms with Gasteiger partial charge in [-0.05, 0) is 25.7 Å². The van der Waals surface area contributed by atoms with Crippen molar-refractivity contribution in [2.45, 2.75) is 58.2 Å². The smallest absolute Gasteiger partial charge is 0.241 e. The van der Waals surface area contributed by atoms with E-state index >= 15 is 0 Å². The molecule has 4 N–H and O–H groups in total. The van der Waals surface area contributed by atoms with Crippen molar-refractivity contribution in [2.24, 2.45) is 23.0 Å². The number of amides is 1. The van der Waals surface area contributed by atoms with Crippen LogP contribution in [0.2, 0.25) is 0 Å². The summed E-state index contributed by atoms with van der Waals surface area (Å²) in [4.78, 5) is 12.7. The first-order chi connectivity index (χ1) is 9.26. The SMILES string of the molecule is CC(CO)C(C)NC(=O)C1(N)C2CCCOC2C1(C)C. The Morgan fingerprint density at radius 3 is 2.75 bits per heavy atom. The van der Waals surface area contributed by atoms with Crippen LogP contribution in [-0.4, -0.2) is 41.9 Å². The van der Waals surface area contributed by atoms with E-state index in [0.29, 0.717) is 0 Å². The molecule has 20 heavy (non-hydrogen) atoms. The Morgan fingerprint density at radius 1 is 1.50 bits per heavy atom.